The van der Waals surface area contributed by atoms with Crippen molar-refractivity contribution < 1.29 is 17.2 Å². The number of anilines is 3. The van der Waals surface area contributed by atoms with Crippen molar-refractivity contribution in [3.63, 3.8) is 0 Å². The largest absolute Gasteiger partial charge is 0.335 e. The van der Waals surface area contributed by atoms with Crippen LogP contribution >= 0.6 is 0 Å². The van der Waals surface area contributed by atoms with E-state index in [2.05, 4.69) is 25.0 Å². The molecule has 2 N–H and O–H groups in total. The summed E-state index contributed by atoms with van der Waals surface area (Å²) in [5.74, 6) is -1.97. The fourth-order valence-corrected chi connectivity index (χ4v) is 4.35. The first-order valence-corrected chi connectivity index (χ1v) is 11.4. The molecule has 10 heteroatoms. The summed E-state index contributed by atoms with van der Waals surface area (Å²) in [6.07, 6.45) is 4.99. The van der Waals surface area contributed by atoms with Gasteiger partial charge in [0, 0.05) is 23.3 Å². The highest BCUT2D eigenvalue weighted by atomic mass is 32.2. The van der Waals surface area contributed by atoms with E-state index in [0.29, 0.717) is 17.3 Å². The Morgan fingerprint density at radius 3 is 2.62 bits per heavy atom. The minimum Gasteiger partial charge on any atom is -0.335 e. The Kier molecular flexibility index (Phi) is 5.95. The number of aromatic nitrogens is 3. The average molecular weight is 455 g/mol. The van der Waals surface area contributed by atoms with Crippen LogP contribution in [0.2, 0.25) is 0 Å². The lowest BCUT2D eigenvalue weighted by Crippen LogP contribution is -2.17. The monoisotopic (exact) mass is 455 g/mol. The van der Waals surface area contributed by atoms with Crippen LogP contribution in [0, 0.1) is 11.6 Å². The predicted octanol–water partition coefficient (Wildman–Crippen LogP) is 4.87. The molecule has 2 aromatic heterocycles. The zero-order valence-corrected chi connectivity index (χ0v) is 17.8. The lowest BCUT2D eigenvalue weighted by Gasteiger charge is -2.14. The van der Waals surface area contributed by atoms with Gasteiger partial charge in [-0.25, -0.2) is 27.2 Å². The molecule has 0 aliphatic carbocycles. The van der Waals surface area contributed by atoms with Gasteiger partial charge in [-0.2, -0.15) is 0 Å². The van der Waals surface area contributed by atoms with Gasteiger partial charge in [-0.1, -0.05) is 19.1 Å². The Hall–Kier alpha value is -3.66. The van der Waals surface area contributed by atoms with Crippen LogP contribution in [0.4, 0.5) is 26.0 Å². The van der Waals surface area contributed by atoms with E-state index < -0.39 is 27.3 Å². The van der Waals surface area contributed by atoms with E-state index in [1.807, 2.05) is 12.1 Å². The van der Waals surface area contributed by atoms with Crippen LogP contribution in [-0.4, -0.2) is 29.1 Å². The fourth-order valence-electron chi connectivity index (χ4n) is 3.22. The molecule has 0 fully saturated rings. The van der Waals surface area contributed by atoms with Gasteiger partial charge in [0.2, 0.25) is 10.0 Å². The molecule has 4 rings (SSSR count). The number of rotatable bonds is 7. The number of pyridine rings is 1. The minimum absolute atomic E-state index is 0.173. The Morgan fingerprint density at radius 1 is 1.03 bits per heavy atom. The molecule has 4 aromatic rings. The summed E-state index contributed by atoms with van der Waals surface area (Å²) >= 11 is 0. The third-order valence-corrected chi connectivity index (χ3v) is 6.18. The molecular formula is C22H19F2N5O2S. The lowest BCUT2D eigenvalue weighted by molar-refractivity contribution is 0.588. The smallest absolute Gasteiger partial charge is 0.232 e. The highest BCUT2D eigenvalue weighted by molar-refractivity contribution is 7.92. The third-order valence-electron chi connectivity index (χ3n) is 4.70. The topological polar surface area (TPSA) is 96.9 Å². The Morgan fingerprint density at radius 2 is 1.88 bits per heavy atom. The average Bonchev–Trinajstić information content (AvgIpc) is 2.79. The van der Waals surface area contributed by atoms with E-state index in [1.165, 1.54) is 6.33 Å². The maximum absolute atomic E-state index is 15.1. The van der Waals surface area contributed by atoms with Gasteiger partial charge in [0.05, 0.1) is 17.0 Å². The zero-order chi connectivity index (χ0) is 22.7. The normalized spacial score (nSPS) is 11.5. The van der Waals surface area contributed by atoms with Gasteiger partial charge in [0.1, 0.15) is 23.6 Å². The molecule has 0 unspecified atom stereocenters. The first kappa shape index (κ1) is 21.6. The number of hydrogen-bond acceptors (Lipinski definition) is 6. The van der Waals surface area contributed by atoms with E-state index in [0.717, 1.165) is 23.3 Å². The van der Waals surface area contributed by atoms with Gasteiger partial charge >= 0.3 is 0 Å². The van der Waals surface area contributed by atoms with Crippen LogP contribution in [0.5, 0.6) is 0 Å². The van der Waals surface area contributed by atoms with Crippen molar-refractivity contribution in [3.8, 4) is 11.1 Å². The van der Waals surface area contributed by atoms with Crippen molar-refractivity contribution in [2.24, 2.45) is 0 Å². The number of nitrogens with zero attached hydrogens (tertiary/aromatic N) is 3. The summed E-state index contributed by atoms with van der Waals surface area (Å²) in [5.41, 5.74) is 1.38. The summed E-state index contributed by atoms with van der Waals surface area (Å²) in [6.45, 7) is 1.69. The number of benzene rings is 2. The SMILES string of the molecule is CCCS(=O)(=O)Nc1ccc(F)c(Nc2ncnc3ccc(-c4cccnc4)cc23)c1F. The molecule has 7 nitrogen and oxygen atoms in total. The molecule has 0 radical (unpaired) electrons. The maximum atomic E-state index is 15.1. The highest BCUT2D eigenvalue weighted by Crippen LogP contribution is 2.32. The van der Waals surface area contributed by atoms with Crippen molar-refractivity contribution in [1.29, 1.82) is 0 Å². The van der Waals surface area contributed by atoms with Crippen molar-refractivity contribution >= 4 is 38.1 Å². The summed E-state index contributed by atoms with van der Waals surface area (Å²) in [7, 11) is -3.75. The van der Waals surface area contributed by atoms with Crippen LogP contribution in [0.25, 0.3) is 22.0 Å². The quantitative estimate of drug-likeness (QED) is 0.413. The standard InChI is InChI=1S/C22H19F2N5O2S/c1-2-10-32(30,31)29-19-8-6-17(23)21(20(19)24)28-22-16-11-14(15-4-3-9-25-12-15)5-7-18(16)26-13-27-22/h3-9,11-13,29H,2,10H2,1H3,(H,26,27,28). The van der Waals surface area contributed by atoms with Crippen LogP contribution < -0.4 is 10.0 Å². The molecule has 0 atom stereocenters. The van der Waals surface area contributed by atoms with Crippen molar-refractivity contribution in [2.45, 2.75) is 13.3 Å². The minimum atomic E-state index is -3.75. The highest BCUT2D eigenvalue weighted by Gasteiger charge is 2.19. The molecule has 0 spiro atoms. The first-order chi connectivity index (χ1) is 15.4. The van der Waals surface area contributed by atoms with Crippen LogP contribution in [0.3, 0.4) is 0 Å². The maximum Gasteiger partial charge on any atom is 0.232 e. The molecular weight excluding hydrogens is 436 g/mol. The molecule has 0 saturated heterocycles. The summed E-state index contributed by atoms with van der Waals surface area (Å²) in [6, 6.07) is 11.1. The molecule has 0 aliphatic rings. The second-order valence-electron chi connectivity index (χ2n) is 7.03. The second-order valence-corrected chi connectivity index (χ2v) is 8.87. The molecule has 164 valence electrons. The van der Waals surface area contributed by atoms with E-state index in [4.69, 9.17) is 0 Å². The predicted molar refractivity (Wildman–Crippen MR) is 120 cm³/mol. The lowest BCUT2D eigenvalue weighted by atomic mass is 10.1. The van der Waals surface area contributed by atoms with E-state index >= 15 is 4.39 Å². The number of halogens is 2. The van der Waals surface area contributed by atoms with Crippen molar-refractivity contribution in [3.05, 3.63) is 72.8 Å². The van der Waals surface area contributed by atoms with Gasteiger partial charge < -0.3 is 5.32 Å². The van der Waals surface area contributed by atoms with E-state index in [-0.39, 0.29) is 17.3 Å². The number of fused-ring (bicyclic) bond motifs is 1. The molecule has 32 heavy (non-hydrogen) atoms. The van der Waals surface area contributed by atoms with Crippen molar-refractivity contribution in [2.75, 3.05) is 15.8 Å². The van der Waals surface area contributed by atoms with Gasteiger partial charge in [0.25, 0.3) is 0 Å². The molecule has 2 heterocycles. The molecule has 0 bridgehead atoms. The fraction of sp³-hybridized carbons (Fsp3) is 0.136. The number of hydrogen-bond donors (Lipinski definition) is 2. The van der Waals surface area contributed by atoms with Gasteiger partial charge in [0.15, 0.2) is 5.82 Å². The van der Waals surface area contributed by atoms with Gasteiger partial charge in [-0.05, 0) is 42.3 Å². The van der Waals surface area contributed by atoms with Crippen LogP contribution in [-0.2, 0) is 10.0 Å². The van der Waals surface area contributed by atoms with Gasteiger partial charge in [-0.3, -0.25) is 9.71 Å². The van der Waals surface area contributed by atoms with E-state index in [1.54, 1.807) is 37.5 Å². The molecule has 2 aromatic carbocycles. The van der Waals surface area contributed by atoms with Crippen LogP contribution in [0.15, 0.2) is 61.2 Å². The Bertz CT molecular complexity index is 1380. The Labute approximate surface area is 183 Å². The summed E-state index contributed by atoms with van der Waals surface area (Å²) in [5, 5.41) is 3.20. The zero-order valence-electron chi connectivity index (χ0n) is 17.0. The first-order valence-electron chi connectivity index (χ1n) is 9.78. The number of nitrogens with one attached hydrogen (secondary N) is 2. The number of sulfonamides is 1. The molecule has 0 aliphatic heterocycles. The third kappa shape index (κ3) is 4.50. The molecule has 0 amide bonds. The van der Waals surface area contributed by atoms with Gasteiger partial charge in [-0.15, -0.1) is 0 Å². The summed E-state index contributed by atoms with van der Waals surface area (Å²) < 4.78 is 55.8. The second kappa shape index (κ2) is 8.83. The van der Waals surface area contributed by atoms with Crippen LogP contribution in [0.1, 0.15) is 13.3 Å². The Balaban J connectivity index is 1.76. The molecule has 0 saturated carbocycles. The van der Waals surface area contributed by atoms with Crippen molar-refractivity contribution in [1.82, 2.24) is 15.0 Å². The van der Waals surface area contributed by atoms with E-state index in [9.17, 15) is 12.8 Å². The summed E-state index contributed by atoms with van der Waals surface area (Å²) in [4.78, 5) is 12.5.